The Labute approximate surface area is 186 Å². The molecule has 3 aromatic carbocycles. The van der Waals surface area contributed by atoms with Gasteiger partial charge < -0.3 is 14.5 Å². The van der Waals surface area contributed by atoms with Gasteiger partial charge in [0.2, 0.25) is 5.89 Å². The fourth-order valence-corrected chi connectivity index (χ4v) is 3.48. The lowest BCUT2D eigenvalue weighted by Crippen LogP contribution is -2.12. The third-order valence-corrected chi connectivity index (χ3v) is 5.27. The Balaban J connectivity index is 1.62. The summed E-state index contributed by atoms with van der Waals surface area (Å²) in [6.45, 7) is 6.71. The van der Waals surface area contributed by atoms with Gasteiger partial charge in [-0.3, -0.25) is 4.79 Å². The molecule has 158 valence electrons. The van der Waals surface area contributed by atoms with Crippen LogP contribution in [-0.4, -0.2) is 17.5 Å². The highest BCUT2D eigenvalue weighted by Crippen LogP contribution is 2.33. The molecule has 0 saturated heterocycles. The molecule has 1 amide bonds. The normalized spacial score (nSPS) is 11.1. The van der Waals surface area contributed by atoms with Gasteiger partial charge in [0.15, 0.2) is 5.58 Å². The van der Waals surface area contributed by atoms with Crippen LogP contribution >= 0.6 is 11.6 Å². The van der Waals surface area contributed by atoms with Crippen molar-refractivity contribution in [2.45, 2.75) is 26.7 Å². The average Bonchev–Trinajstić information content (AvgIpc) is 3.18. The molecule has 31 heavy (non-hydrogen) atoms. The Morgan fingerprint density at radius 2 is 1.97 bits per heavy atom. The van der Waals surface area contributed by atoms with Crippen molar-refractivity contribution in [3.8, 4) is 17.2 Å². The standard InChI is InChI=1S/C25H23ClN2O3/c1-4-30-19-7-5-6-17(12-19)24(29)27-18-9-10-21(26)20(14-18)25-28-22-13-16(15(2)3)8-11-23(22)31-25/h5-15H,4H2,1-3H3,(H,27,29). The number of nitrogens with zero attached hydrogens (tertiary/aromatic N) is 1. The molecule has 1 N–H and O–H groups in total. The van der Waals surface area contributed by atoms with E-state index in [1.807, 2.05) is 31.2 Å². The second-order valence-corrected chi connectivity index (χ2v) is 7.92. The van der Waals surface area contributed by atoms with E-state index in [4.69, 9.17) is 20.8 Å². The maximum Gasteiger partial charge on any atom is 0.255 e. The number of rotatable bonds is 6. The molecule has 4 aromatic rings. The second kappa shape index (κ2) is 8.82. The highest BCUT2D eigenvalue weighted by atomic mass is 35.5. The van der Waals surface area contributed by atoms with Crippen LogP contribution in [0.3, 0.4) is 0 Å². The number of nitrogens with one attached hydrogen (secondary N) is 1. The summed E-state index contributed by atoms with van der Waals surface area (Å²) in [5.74, 6) is 1.22. The number of amides is 1. The monoisotopic (exact) mass is 434 g/mol. The molecule has 4 rings (SSSR count). The minimum atomic E-state index is -0.242. The lowest BCUT2D eigenvalue weighted by Gasteiger charge is -2.09. The summed E-state index contributed by atoms with van der Waals surface area (Å²) in [5.41, 5.74) is 4.37. The molecule has 6 heteroatoms. The molecule has 0 fully saturated rings. The highest BCUT2D eigenvalue weighted by molar-refractivity contribution is 6.33. The molecule has 1 aromatic heterocycles. The molecule has 0 unspecified atom stereocenters. The van der Waals surface area contributed by atoms with Gasteiger partial charge >= 0.3 is 0 Å². The Hall–Kier alpha value is -3.31. The van der Waals surface area contributed by atoms with Gasteiger partial charge in [0.1, 0.15) is 11.3 Å². The summed E-state index contributed by atoms with van der Waals surface area (Å²) in [6.07, 6.45) is 0. The van der Waals surface area contributed by atoms with E-state index in [2.05, 4.69) is 24.1 Å². The summed E-state index contributed by atoms with van der Waals surface area (Å²) < 4.78 is 11.4. The van der Waals surface area contributed by atoms with Crippen molar-refractivity contribution in [1.82, 2.24) is 4.98 Å². The number of carbonyl (C=O) groups excluding carboxylic acids is 1. The topological polar surface area (TPSA) is 64.4 Å². The van der Waals surface area contributed by atoms with Crippen LogP contribution in [0.1, 0.15) is 42.6 Å². The van der Waals surface area contributed by atoms with Crippen molar-refractivity contribution in [2.75, 3.05) is 11.9 Å². The minimum Gasteiger partial charge on any atom is -0.494 e. The maximum atomic E-state index is 12.7. The van der Waals surface area contributed by atoms with E-state index in [0.717, 1.165) is 5.52 Å². The van der Waals surface area contributed by atoms with Crippen LogP contribution in [0.2, 0.25) is 5.02 Å². The Morgan fingerprint density at radius 1 is 1.13 bits per heavy atom. The fraction of sp³-hybridized carbons (Fsp3) is 0.200. The fourth-order valence-electron chi connectivity index (χ4n) is 3.28. The van der Waals surface area contributed by atoms with Crippen LogP contribution in [0.5, 0.6) is 5.75 Å². The molecule has 0 aliphatic heterocycles. The summed E-state index contributed by atoms with van der Waals surface area (Å²) >= 11 is 6.42. The smallest absolute Gasteiger partial charge is 0.255 e. The lowest BCUT2D eigenvalue weighted by atomic mass is 10.0. The Morgan fingerprint density at radius 3 is 2.74 bits per heavy atom. The summed E-state index contributed by atoms with van der Waals surface area (Å²) in [6, 6.07) is 18.3. The predicted octanol–water partition coefficient (Wildman–Crippen LogP) is 6.92. The molecule has 1 heterocycles. The Kier molecular flexibility index (Phi) is 5.96. The number of ether oxygens (including phenoxy) is 1. The minimum absolute atomic E-state index is 0.242. The summed E-state index contributed by atoms with van der Waals surface area (Å²) in [5, 5.41) is 3.39. The van der Waals surface area contributed by atoms with Crippen LogP contribution in [0.15, 0.2) is 65.1 Å². The molecule has 0 saturated carbocycles. The van der Waals surface area contributed by atoms with Gasteiger partial charge in [0.05, 0.1) is 17.2 Å². The number of aromatic nitrogens is 1. The van der Waals surface area contributed by atoms with Crippen LogP contribution in [0.4, 0.5) is 5.69 Å². The highest BCUT2D eigenvalue weighted by Gasteiger charge is 2.15. The number of fused-ring (bicyclic) bond motifs is 1. The van der Waals surface area contributed by atoms with Gasteiger partial charge in [0.25, 0.3) is 5.91 Å². The van der Waals surface area contributed by atoms with Crippen molar-refractivity contribution < 1.29 is 13.9 Å². The van der Waals surface area contributed by atoms with E-state index in [1.54, 1.807) is 36.4 Å². The van der Waals surface area contributed by atoms with E-state index in [9.17, 15) is 4.79 Å². The van der Waals surface area contributed by atoms with Crippen molar-refractivity contribution >= 4 is 34.3 Å². The summed E-state index contributed by atoms with van der Waals surface area (Å²) in [4.78, 5) is 17.3. The molecule has 0 bridgehead atoms. The number of anilines is 1. The van der Waals surface area contributed by atoms with Crippen LogP contribution < -0.4 is 10.1 Å². The van der Waals surface area contributed by atoms with Crippen molar-refractivity contribution in [3.05, 3.63) is 76.8 Å². The molecule has 0 atom stereocenters. The van der Waals surface area contributed by atoms with E-state index in [-0.39, 0.29) is 5.91 Å². The number of halogens is 1. The van der Waals surface area contributed by atoms with Gasteiger partial charge in [-0.2, -0.15) is 0 Å². The molecular formula is C25H23ClN2O3. The number of oxazole rings is 1. The molecule has 0 radical (unpaired) electrons. The number of hydrogen-bond donors (Lipinski definition) is 1. The maximum absolute atomic E-state index is 12.7. The first kappa shape index (κ1) is 20.9. The Bertz CT molecular complexity index is 1250. The van der Waals surface area contributed by atoms with Gasteiger partial charge in [-0.05, 0) is 66.9 Å². The zero-order valence-corrected chi connectivity index (χ0v) is 18.4. The van der Waals surface area contributed by atoms with Gasteiger partial charge in [-0.1, -0.05) is 37.6 Å². The average molecular weight is 435 g/mol. The van der Waals surface area contributed by atoms with Gasteiger partial charge in [0, 0.05) is 11.3 Å². The van der Waals surface area contributed by atoms with Gasteiger partial charge in [-0.15, -0.1) is 0 Å². The molecule has 5 nitrogen and oxygen atoms in total. The van der Waals surface area contributed by atoms with Crippen LogP contribution in [0, 0.1) is 0 Å². The number of benzene rings is 3. The van der Waals surface area contributed by atoms with E-state index >= 15 is 0 Å². The van der Waals surface area contributed by atoms with Gasteiger partial charge in [-0.25, -0.2) is 4.98 Å². The molecule has 0 aliphatic rings. The third-order valence-electron chi connectivity index (χ3n) is 4.94. The van der Waals surface area contributed by atoms with Crippen LogP contribution in [-0.2, 0) is 0 Å². The van der Waals surface area contributed by atoms with Crippen LogP contribution in [0.25, 0.3) is 22.6 Å². The first-order chi connectivity index (χ1) is 14.9. The van der Waals surface area contributed by atoms with Crippen molar-refractivity contribution in [2.24, 2.45) is 0 Å². The van der Waals surface area contributed by atoms with E-state index < -0.39 is 0 Å². The van der Waals surface area contributed by atoms with Crippen molar-refractivity contribution in [1.29, 1.82) is 0 Å². The SMILES string of the molecule is CCOc1cccc(C(=O)Nc2ccc(Cl)c(-c3nc4cc(C(C)C)ccc4o3)c2)c1. The first-order valence-electron chi connectivity index (χ1n) is 10.2. The number of hydrogen-bond acceptors (Lipinski definition) is 4. The predicted molar refractivity (Wildman–Crippen MR) is 124 cm³/mol. The summed E-state index contributed by atoms with van der Waals surface area (Å²) in [7, 11) is 0. The van der Waals surface area contributed by atoms with E-state index in [1.165, 1.54) is 5.56 Å². The second-order valence-electron chi connectivity index (χ2n) is 7.51. The molecular weight excluding hydrogens is 412 g/mol. The lowest BCUT2D eigenvalue weighted by molar-refractivity contribution is 0.102. The van der Waals surface area contributed by atoms with Crippen molar-refractivity contribution in [3.63, 3.8) is 0 Å². The molecule has 0 spiro atoms. The quantitative estimate of drug-likeness (QED) is 0.357. The first-order valence-corrected chi connectivity index (χ1v) is 10.6. The number of carbonyl (C=O) groups is 1. The molecule has 0 aliphatic carbocycles. The largest absolute Gasteiger partial charge is 0.494 e. The van der Waals surface area contributed by atoms with E-state index in [0.29, 0.717) is 51.6 Å². The zero-order valence-electron chi connectivity index (χ0n) is 17.6. The third kappa shape index (κ3) is 4.57. The zero-order chi connectivity index (χ0) is 22.0.